The van der Waals surface area contributed by atoms with E-state index in [-0.39, 0.29) is 0 Å². The molecule has 0 aliphatic heterocycles. The zero-order chi connectivity index (χ0) is 11.5. The number of hydrogen-bond acceptors (Lipinski definition) is 3. The number of benzene rings is 1. The molecule has 1 rings (SSSR count). The smallest absolute Gasteiger partial charge is 0.235 e. The molecule has 0 fully saturated rings. The van der Waals surface area contributed by atoms with Gasteiger partial charge in [0.1, 0.15) is 11.6 Å². The largest absolute Gasteiger partial charge is 0.395 e. The normalized spacial score (nSPS) is 11.4. The van der Waals surface area contributed by atoms with Gasteiger partial charge < -0.3 is 5.11 Å². The van der Waals surface area contributed by atoms with Crippen LogP contribution in [0.15, 0.2) is 18.2 Å². The molecule has 15 heavy (non-hydrogen) atoms. The molecule has 0 unspecified atom stereocenters. The Kier molecular flexibility index (Phi) is 3.59. The average molecular weight is 237 g/mol. The van der Waals surface area contributed by atoms with Gasteiger partial charge in [0.25, 0.3) is 0 Å². The van der Waals surface area contributed by atoms with Crippen molar-refractivity contribution in [2.75, 3.05) is 17.1 Å². The third-order valence-electron chi connectivity index (χ3n) is 1.55. The molecular formula is C8H9F2NO3S. The maximum absolute atomic E-state index is 13.0. The highest BCUT2D eigenvalue weighted by atomic mass is 32.2. The SMILES string of the molecule is O=S(=O)(CCO)Nc1cc(F)ccc1F. The van der Waals surface area contributed by atoms with Gasteiger partial charge in [0.2, 0.25) is 10.0 Å². The van der Waals surface area contributed by atoms with Gasteiger partial charge in [0, 0.05) is 6.07 Å². The summed E-state index contributed by atoms with van der Waals surface area (Å²) in [5, 5.41) is 8.42. The molecule has 0 heterocycles. The molecule has 0 aromatic heterocycles. The molecule has 0 saturated carbocycles. The molecule has 84 valence electrons. The highest BCUT2D eigenvalue weighted by Crippen LogP contribution is 2.16. The van der Waals surface area contributed by atoms with Crippen LogP contribution in [-0.4, -0.2) is 25.9 Å². The van der Waals surface area contributed by atoms with Crippen molar-refractivity contribution in [3.63, 3.8) is 0 Å². The van der Waals surface area contributed by atoms with Crippen LogP contribution < -0.4 is 4.72 Å². The number of sulfonamides is 1. The van der Waals surface area contributed by atoms with Crippen LogP contribution in [0.4, 0.5) is 14.5 Å². The minimum atomic E-state index is -3.83. The van der Waals surface area contributed by atoms with Crippen LogP contribution in [-0.2, 0) is 10.0 Å². The lowest BCUT2D eigenvalue weighted by molar-refractivity contribution is 0.320. The first-order chi connectivity index (χ1) is 6.94. The summed E-state index contributed by atoms with van der Waals surface area (Å²) < 4.78 is 49.7. The second-order valence-electron chi connectivity index (χ2n) is 2.77. The maximum Gasteiger partial charge on any atom is 0.235 e. The van der Waals surface area contributed by atoms with Gasteiger partial charge in [-0.15, -0.1) is 0 Å². The lowest BCUT2D eigenvalue weighted by Gasteiger charge is -2.07. The fourth-order valence-corrected chi connectivity index (χ4v) is 1.75. The second-order valence-corrected chi connectivity index (χ2v) is 4.61. The molecule has 1 aromatic rings. The van der Waals surface area contributed by atoms with Crippen molar-refractivity contribution in [2.24, 2.45) is 0 Å². The molecule has 1 aromatic carbocycles. The highest BCUT2D eigenvalue weighted by Gasteiger charge is 2.12. The first-order valence-electron chi connectivity index (χ1n) is 4.01. The minimum absolute atomic E-state index is 0.469. The van der Waals surface area contributed by atoms with Crippen LogP contribution >= 0.6 is 0 Å². The molecule has 0 spiro atoms. The quantitative estimate of drug-likeness (QED) is 0.810. The molecule has 0 bridgehead atoms. The van der Waals surface area contributed by atoms with E-state index in [0.29, 0.717) is 0 Å². The lowest BCUT2D eigenvalue weighted by atomic mass is 10.3. The topological polar surface area (TPSA) is 66.4 Å². The van der Waals surface area contributed by atoms with Gasteiger partial charge in [-0.05, 0) is 12.1 Å². The Morgan fingerprint density at radius 2 is 2.00 bits per heavy atom. The second kappa shape index (κ2) is 4.54. The Hall–Kier alpha value is -1.21. The Balaban J connectivity index is 2.94. The van der Waals surface area contributed by atoms with E-state index < -0.39 is 39.7 Å². The monoisotopic (exact) mass is 237 g/mol. The number of aliphatic hydroxyl groups is 1. The van der Waals surface area contributed by atoms with Crippen molar-refractivity contribution in [3.8, 4) is 0 Å². The van der Waals surface area contributed by atoms with Crippen molar-refractivity contribution < 1.29 is 22.3 Å². The van der Waals surface area contributed by atoms with Crippen LogP contribution in [0.3, 0.4) is 0 Å². The minimum Gasteiger partial charge on any atom is -0.395 e. The van der Waals surface area contributed by atoms with Crippen molar-refractivity contribution in [2.45, 2.75) is 0 Å². The van der Waals surface area contributed by atoms with Crippen molar-refractivity contribution >= 4 is 15.7 Å². The van der Waals surface area contributed by atoms with E-state index in [4.69, 9.17) is 5.11 Å². The zero-order valence-electron chi connectivity index (χ0n) is 7.57. The van der Waals surface area contributed by atoms with Crippen molar-refractivity contribution in [3.05, 3.63) is 29.8 Å². The molecule has 7 heteroatoms. The highest BCUT2D eigenvalue weighted by molar-refractivity contribution is 7.92. The molecule has 0 aliphatic carbocycles. The van der Waals surface area contributed by atoms with Gasteiger partial charge in [0.15, 0.2) is 0 Å². The van der Waals surface area contributed by atoms with Crippen LogP contribution in [0.5, 0.6) is 0 Å². The summed E-state index contributed by atoms with van der Waals surface area (Å²) in [6.45, 7) is -0.591. The molecule has 0 saturated heterocycles. The number of aliphatic hydroxyl groups excluding tert-OH is 1. The van der Waals surface area contributed by atoms with E-state index in [1.54, 1.807) is 0 Å². The molecule has 0 amide bonds. The Labute approximate surface area is 85.6 Å². The summed E-state index contributed by atoms with van der Waals surface area (Å²) in [5.41, 5.74) is -0.469. The number of hydrogen-bond donors (Lipinski definition) is 2. The number of halogens is 2. The van der Waals surface area contributed by atoms with Crippen LogP contribution in [0.1, 0.15) is 0 Å². The predicted molar refractivity (Wildman–Crippen MR) is 50.9 cm³/mol. The molecule has 4 nitrogen and oxygen atoms in total. The van der Waals surface area contributed by atoms with Gasteiger partial charge in [-0.1, -0.05) is 0 Å². The Morgan fingerprint density at radius 3 is 2.60 bits per heavy atom. The standard InChI is InChI=1S/C8H9F2NO3S/c9-6-1-2-7(10)8(5-6)11-15(13,14)4-3-12/h1-2,5,11-12H,3-4H2. The van der Waals surface area contributed by atoms with Gasteiger partial charge in [-0.2, -0.15) is 0 Å². The fourth-order valence-electron chi connectivity index (χ4n) is 0.914. The average Bonchev–Trinajstić information content (AvgIpc) is 2.10. The zero-order valence-corrected chi connectivity index (χ0v) is 8.39. The van der Waals surface area contributed by atoms with Gasteiger partial charge in [0.05, 0.1) is 18.0 Å². The lowest BCUT2D eigenvalue weighted by Crippen LogP contribution is -2.19. The summed E-state index contributed by atoms with van der Waals surface area (Å²) in [7, 11) is -3.83. The Morgan fingerprint density at radius 1 is 1.33 bits per heavy atom. The van der Waals surface area contributed by atoms with Crippen LogP contribution in [0.2, 0.25) is 0 Å². The maximum atomic E-state index is 13.0. The van der Waals surface area contributed by atoms with E-state index in [0.717, 1.165) is 18.2 Å². The third-order valence-corrected chi connectivity index (χ3v) is 2.80. The first-order valence-corrected chi connectivity index (χ1v) is 5.66. The van der Waals surface area contributed by atoms with Crippen molar-refractivity contribution in [1.29, 1.82) is 0 Å². The number of rotatable bonds is 4. The number of nitrogens with one attached hydrogen (secondary N) is 1. The fraction of sp³-hybridized carbons (Fsp3) is 0.250. The van der Waals surface area contributed by atoms with E-state index >= 15 is 0 Å². The van der Waals surface area contributed by atoms with E-state index in [2.05, 4.69) is 0 Å². The molecule has 0 radical (unpaired) electrons. The predicted octanol–water partition coefficient (Wildman–Crippen LogP) is 0.699. The van der Waals surface area contributed by atoms with Crippen molar-refractivity contribution in [1.82, 2.24) is 0 Å². The molecule has 2 N–H and O–H groups in total. The third kappa shape index (κ3) is 3.45. The molecular weight excluding hydrogens is 228 g/mol. The summed E-state index contributed by atoms with van der Waals surface area (Å²) in [4.78, 5) is 0. The van der Waals surface area contributed by atoms with Gasteiger partial charge >= 0.3 is 0 Å². The molecule has 0 aliphatic rings. The summed E-state index contributed by atoms with van der Waals surface area (Å²) in [5.74, 6) is -2.20. The van der Waals surface area contributed by atoms with Crippen LogP contribution in [0.25, 0.3) is 0 Å². The first kappa shape index (κ1) is 11.9. The van der Waals surface area contributed by atoms with E-state index in [9.17, 15) is 17.2 Å². The summed E-state index contributed by atoms with van der Waals surface area (Å²) in [6.07, 6.45) is 0. The molecule has 0 atom stereocenters. The number of anilines is 1. The summed E-state index contributed by atoms with van der Waals surface area (Å²) in [6, 6.07) is 2.41. The van der Waals surface area contributed by atoms with E-state index in [1.165, 1.54) is 0 Å². The Bertz CT molecular complexity index is 447. The van der Waals surface area contributed by atoms with Gasteiger partial charge in [-0.3, -0.25) is 4.72 Å². The van der Waals surface area contributed by atoms with Crippen LogP contribution in [0, 0.1) is 11.6 Å². The summed E-state index contributed by atoms with van der Waals surface area (Å²) >= 11 is 0. The van der Waals surface area contributed by atoms with E-state index in [1.807, 2.05) is 4.72 Å². The van der Waals surface area contributed by atoms with Gasteiger partial charge in [-0.25, -0.2) is 17.2 Å².